The van der Waals surface area contributed by atoms with Gasteiger partial charge >= 0.3 is 0 Å². The Morgan fingerprint density at radius 2 is 2.47 bits per heavy atom. The van der Waals surface area contributed by atoms with Gasteiger partial charge in [0, 0.05) is 25.8 Å². The third kappa shape index (κ3) is 2.49. The first-order chi connectivity index (χ1) is 8.33. The van der Waals surface area contributed by atoms with Crippen molar-refractivity contribution in [2.45, 2.75) is 25.9 Å². The smallest absolute Gasteiger partial charge is 0.226 e. The van der Waals surface area contributed by atoms with E-state index in [0.29, 0.717) is 6.54 Å². The normalized spacial score (nSPS) is 23.9. The number of nitrogens with one attached hydrogen (secondary N) is 2. The highest BCUT2D eigenvalue weighted by Crippen LogP contribution is 2.27. The topological polar surface area (TPSA) is 59.0 Å². The third-order valence-corrected chi connectivity index (χ3v) is 3.53. The first-order valence-corrected chi connectivity index (χ1v) is 6.32. The molecule has 17 heavy (non-hydrogen) atoms. The first-order valence-electron chi connectivity index (χ1n) is 6.32. The molecule has 0 radical (unpaired) electrons. The molecule has 1 fully saturated rings. The summed E-state index contributed by atoms with van der Waals surface area (Å²) >= 11 is 0. The number of amides is 1. The zero-order valence-corrected chi connectivity index (χ0v) is 9.85. The molecule has 2 aliphatic rings. The monoisotopic (exact) mass is 234 g/mol. The average molecular weight is 234 g/mol. The van der Waals surface area contributed by atoms with Gasteiger partial charge in [-0.05, 0) is 24.8 Å². The number of hydrogen-bond donors (Lipinski definition) is 2. The molecule has 1 atom stereocenters. The molecule has 2 N–H and O–H groups in total. The van der Waals surface area contributed by atoms with Crippen LogP contribution in [0.5, 0.6) is 0 Å². The Labute approximate surface area is 101 Å². The second-order valence-corrected chi connectivity index (χ2v) is 5.02. The molecule has 0 aromatic carbocycles. The Hall–Kier alpha value is -1.36. The van der Waals surface area contributed by atoms with Crippen LogP contribution in [0.1, 0.15) is 18.5 Å². The van der Waals surface area contributed by atoms with Crippen molar-refractivity contribution in [1.82, 2.24) is 20.4 Å². The fourth-order valence-electron chi connectivity index (χ4n) is 2.21. The van der Waals surface area contributed by atoms with Gasteiger partial charge in [0.1, 0.15) is 0 Å². The van der Waals surface area contributed by atoms with E-state index in [4.69, 9.17) is 0 Å². The largest absolute Gasteiger partial charge is 0.355 e. The molecule has 2 heterocycles. The van der Waals surface area contributed by atoms with Gasteiger partial charge in [0.2, 0.25) is 5.91 Å². The second-order valence-electron chi connectivity index (χ2n) is 5.02. The van der Waals surface area contributed by atoms with Crippen LogP contribution >= 0.6 is 0 Å². The lowest BCUT2D eigenvalue weighted by Gasteiger charge is -2.14. The summed E-state index contributed by atoms with van der Waals surface area (Å²) in [4.78, 5) is 12.0. The van der Waals surface area contributed by atoms with Crippen molar-refractivity contribution in [2.24, 2.45) is 11.8 Å². The van der Waals surface area contributed by atoms with Crippen LogP contribution in [0.15, 0.2) is 12.3 Å². The molecule has 92 valence electrons. The molecule has 0 bridgehead atoms. The lowest BCUT2D eigenvalue weighted by molar-refractivity contribution is -0.125. The highest BCUT2D eigenvalue weighted by Gasteiger charge is 2.26. The Kier molecular flexibility index (Phi) is 2.84. The molecule has 1 amide bonds. The van der Waals surface area contributed by atoms with Gasteiger partial charge in [-0.25, -0.2) is 0 Å². The standard InChI is InChI=1S/C12H18N4O/c17-12(14-5-9-1-2-9)10-6-13-7-11-3-4-15-16(11)8-10/h3-4,9-10,13H,1-2,5-8H2,(H,14,17)/t10-/m1/s1. The summed E-state index contributed by atoms with van der Waals surface area (Å²) in [5.74, 6) is 0.889. The zero-order chi connectivity index (χ0) is 11.7. The second kappa shape index (κ2) is 4.49. The fourth-order valence-corrected chi connectivity index (χ4v) is 2.21. The molecular formula is C12H18N4O. The van der Waals surface area contributed by atoms with E-state index in [2.05, 4.69) is 15.7 Å². The highest BCUT2D eigenvalue weighted by molar-refractivity contribution is 5.78. The van der Waals surface area contributed by atoms with Crippen LogP contribution in [-0.4, -0.2) is 28.8 Å². The number of fused-ring (bicyclic) bond motifs is 1. The van der Waals surface area contributed by atoms with Crippen molar-refractivity contribution in [3.63, 3.8) is 0 Å². The quantitative estimate of drug-likeness (QED) is 0.781. The van der Waals surface area contributed by atoms with Gasteiger partial charge in [0.15, 0.2) is 0 Å². The number of aromatic nitrogens is 2. The van der Waals surface area contributed by atoms with E-state index in [1.54, 1.807) is 6.20 Å². The van der Waals surface area contributed by atoms with Crippen LogP contribution in [0.4, 0.5) is 0 Å². The maximum Gasteiger partial charge on any atom is 0.226 e. The Morgan fingerprint density at radius 3 is 3.29 bits per heavy atom. The molecular weight excluding hydrogens is 216 g/mol. The van der Waals surface area contributed by atoms with Crippen LogP contribution in [0, 0.1) is 11.8 Å². The van der Waals surface area contributed by atoms with Crippen LogP contribution in [-0.2, 0) is 17.9 Å². The fraction of sp³-hybridized carbons (Fsp3) is 0.667. The minimum Gasteiger partial charge on any atom is -0.355 e. The number of hydrogen-bond acceptors (Lipinski definition) is 3. The highest BCUT2D eigenvalue weighted by atomic mass is 16.1. The van der Waals surface area contributed by atoms with Gasteiger partial charge < -0.3 is 10.6 Å². The molecule has 1 aromatic rings. The van der Waals surface area contributed by atoms with Crippen LogP contribution in [0.25, 0.3) is 0 Å². The lowest BCUT2D eigenvalue weighted by atomic mass is 10.1. The van der Waals surface area contributed by atoms with Crippen LogP contribution in [0.2, 0.25) is 0 Å². The van der Waals surface area contributed by atoms with E-state index in [-0.39, 0.29) is 11.8 Å². The average Bonchev–Trinajstić information content (AvgIpc) is 3.10. The van der Waals surface area contributed by atoms with E-state index in [1.807, 2.05) is 10.7 Å². The van der Waals surface area contributed by atoms with Crippen LogP contribution < -0.4 is 10.6 Å². The molecule has 0 unspecified atom stereocenters. The minimum atomic E-state index is -0.00472. The van der Waals surface area contributed by atoms with Crippen molar-refractivity contribution in [2.75, 3.05) is 13.1 Å². The van der Waals surface area contributed by atoms with E-state index >= 15 is 0 Å². The molecule has 0 spiro atoms. The molecule has 0 saturated heterocycles. The Balaban J connectivity index is 1.60. The van der Waals surface area contributed by atoms with E-state index in [9.17, 15) is 4.79 Å². The summed E-state index contributed by atoms with van der Waals surface area (Å²) in [6, 6.07) is 2.00. The Morgan fingerprint density at radius 1 is 1.59 bits per heavy atom. The zero-order valence-electron chi connectivity index (χ0n) is 9.85. The van der Waals surface area contributed by atoms with E-state index < -0.39 is 0 Å². The van der Waals surface area contributed by atoms with Gasteiger partial charge in [0.05, 0.1) is 18.2 Å². The molecule has 5 heteroatoms. The van der Waals surface area contributed by atoms with E-state index in [1.165, 1.54) is 12.8 Å². The summed E-state index contributed by atoms with van der Waals surface area (Å²) < 4.78 is 1.93. The Bertz CT molecular complexity index is 410. The molecule has 1 aromatic heterocycles. The van der Waals surface area contributed by atoms with Gasteiger partial charge in [0.25, 0.3) is 0 Å². The molecule has 1 saturated carbocycles. The van der Waals surface area contributed by atoms with Crippen molar-refractivity contribution < 1.29 is 4.79 Å². The maximum absolute atomic E-state index is 12.0. The van der Waals surface area contributed by atoms with Gasteiger partial charge in [-0.3, -0.25) is 9.48 Å². The summed E-state index contributed by atoms with van der Waals surface area (Å²) in [7, 11) is 0. The van der Waals surface area contributed by atoms with Crippen molar-refractivity contribution >= 4 is 5.91 Å². The van der Waals surface area contributed by atoms with Gasteiger partial charge in [-0.2, -0.15) is 5.10 Å². The molecule has 1 aliphatic heterocycles. The van der Waals surface area contributed by atoms with E-state index in [0.717, 1.165) is 31.2 Å². The summed E-state index contributed by atoms with van der Waals surface area (Å²) in [6.45, 7) is 3.07. The van der Waals surface area contributed by atoms with Crippen molar-refractivity contribution in [3.8, 4) is 0 Å². The van der Waals surface area contributed by atoms with Crippen molar-refractivity contribution in [3.05, 3.63) is 18.0 Å². The van der Waals surface area contributed by atoms with Gasteiger partial charge in [-0.1, -0.05) is 0 Å². The number of carbonyl (C=O) groups excluding carboxylic acids is 1. The van der Waals surface area contributed by atoms with Gasteiger partial charge in [-0.15, -0.1) is 0 Å². The number of nitrogens with zero attached hydrogens (tertiary/aromatic N) is 2. The van der Waals surface area contributed by atoms with Crippen LogP contribution in [0.3, 0.4) is 0 Å². The maximum atomic E-state index is 12.0. The summed E-state index contributed by atoms with van der Waals surface area (Å²) in [5, 5.41) is 10.6. The predicted molar refractivity (Wildman–Crippen MR) is 63.2 cm³/mol. The number of carbonyl (C=O) groups is 1. The minimum absolute atomic E-state index is 0.00472. The predicted octanol–water partition coefficient (Wildman–Crippen LogP) is 0.129. The summed E-state index contributed by atoms with van der Waals surface area (Å²) in [5.41, 5.74) is 1.16. The first kappa shape index (κ1) is 10.8. The molecule has 5 nitrogen and oxygen atoms in total. The third-order valence-electron chi connectivity index (χ3n) is 3.53. The molecule has 3 rings (SSSR count). The van der Waals surface area contributed by atoms with Crippen molar-refractivity contribution in [1.29, 1.82) is 0 Å². The number of rotatable bonds is 3. The summed E-state index contributed by atoms with van der Waals surface area (Å²) in [6.07, 6.45) is 4.33. The molecule has 1 aliphatic carbocycles. The lowest BCUT2D eigenvalue weighted by Crippen LogP contribution is -2.38. The SMILES string of the molecule is O=C(NCC1CC1)[C@@H]1CNCc2ccnn2C1.